The number of fused-ring (bicyclic) bond motifs is 1. The lowest BCUT2D eigenvalue weighted by Crippen LogP contribution is -2.40. The molecule has 3 heterocycles. The number of hydrogen-bond donors (Lipinski definition) is 1. The largest absolute Gasteiger partial charge is 0.481 e. The summed E-state index contributed by atoms with van der Waals surface area (Å²) in [5, 5.41) is 14.7. The zero-order valence-corrected chi connectivity index (χ0v) is 18.3. The van der Waals surface area contributed by atoms with Gasteiger partial charge in [0.15, 0.2) is 5.65 Å². The van der Waals surface area contributed by atoms with Crippen molar-refractivity contribution >= 4 is 29.0 Å². The Bertz CT molecular complexity index is 1170. The molecule has 0 saturated carbocycles. The molecule has 3 aromatic rings. The number of carboxylic acids is 1. The summed E-state index contributed by atoms with van der Waals surface area (Å²) in [6.07, 6.45) is -4.56. The van der Waals surface area contributed by atoms with Crippen LogP contribution < -0.4 is 4.90 Å². The molecule has 1 unspecified atom stereocenters. The van der Waals surface area contributed by atoms with Crippen LogP contribution in [0.5, 0.6) is 0 Å². The van der Waals surface area contributed by atoms with E-state index in [0.29, 0.717) is 35.8 Å². The molecule has 1 saturated heterocycles. The maximum atomic E-state index is 13.5. The van der Waals surface area contributed by atoms with Crippen LogP contribution in [0.1, 0.15) is 29.7 Å². The highest BCUT2D eigenvalue weighted by Gasteiger charge is 2.35. The monoisotopic (exact) mass is 466 g/mol. The quantitative estimate of drug-likeness (QED) is 0.581. The van der Waals surface area contributed by atoms with Crippen LogP contribution in [0.15, 0.2) is 24.3 Å². The number of aromatic nitrogens is 3. The Morgan fingerprint density at radius 3 is 2.56 bits per heavy atom. The SMILES string of the molecule is Cc1nc2c(C)c(-c3ccc(Cl)cc3)nn2c(N2CCCC(C(=O)O)C2)c1CC(F)(F)F. The van der Waals surface area contributed by atoms with E-state index in [0.717, 1.165) is 11.1 Å². The summed E-state index contributed by atoms with van der Waals surface area (Å²) in [5.41, 5.74) is 2.80. The maximum absolute atomic E-state index is 13.5. The molecule has 170 valence electrons. The topological polar surface area (TPSA) is 70.7 Å². The Balaban J connectivity index is 1.94. The van der Waals surface area contributed by atoms with Gasteiger partial charge in [0.1, 0.15) is 5.82 Å². The van der Waals surface area contributed by atoms with Gasteiger partial charge in [0, 0.05) is 40.5 Å². The molecule has 1 aliphatic heterocycles. The van der Waals surface area contributed by atoms with Gasteiger partial charge < -0.3 is 10.0 Å². The first-order chi connectivity index (χ1) is 15.0. The molecule has 10 heteroatoms. The predicted molar refractivity (Wildman–Crippen MR) is 115 cm³/mol. The van der Waals surface area contributed by atoms with E-state index < -0.39 is 24.5 Å². The standard InChI is InChI=1S/C22H22ClF3N4O2/c1-12-18(14-5-7-16(23)8-6-14)28-30-19(12)27-13(2)17(10-22(24,25)26)20(30)29-9-3-4-15(11-29)21(31)32/h5-8,15H,3-4,9-11H2,1-2H3,(H,31,32). The molecule has 0 amide bonds. The van der Waals surface area contributed by atoms with E-state index in [-0.39, 0.29) is 23.6 Å². The molecule has 0 radical (unpaired) electrons. The Labute approximate surface area is 187 Å². The van der Waals surface area contributed by atoms with Crippen molar-refractivity contribution in [3.63, 3.8) is 0 Å². The van der Waals surface area contributed by atoms with E-state index >= 15 is 0 Å². The van der Waals surface area contributed by atoms with E-state index in [9.17, 15) is 23.1 Å². The van der Waals surface area contributed by atoms with Crippen LogP contribution in [-0.2, 0) is 11.2 Å². The van der Waals surface area contributed by atoms with Crippen molar-refractivity contribution in [3.05, 3.63) is 46.1 Å². The van der Waals surface area contributed by atoms with Crippen molar-refractivity contribution in [2.24, 2.45) is 5.92 Å². The van der Waals surface area contributed by atoms with Crippen molar-refractivity contribution in [2.75, 3.05) is 18.0 Å². The fraction of sp³-hybridized carbons (Fsp3) is 0.409. The minimum atomic E-state index is -4.45. The highest BCUT2D eigenvalue weighted by atomic mass is 35.5. The second-order valence-electron chi connectivity index (χ2n) is 8.13. The molecule has 4 rings (SSSR count). The second kappa shape index (κ2) is 8.27. The van der Waals surface area contributed by atoms with Crippen molar-refractivity contribution in [2.45, 2.75) is 39.3 Å². The lowest BCUT2D eigenvalue weighted by molar-refractivity contribution is -0.142. The average molecular weight is 467 g/mol. The van der Waals surface area contributed by atoms with Crippen molar-refractivity contribution in [1.82, 2.24) is 14.6 Å². The van der Waals surface area contributed by atoms with Gasteiger partial charge in [0.25, 0.3) is 0 Å². The van der Waals surface area contributed by atoms with Crippen LogP contribution in [0, 0.1) is 19.8 Å². The number of carbonyl (C=O) groups is 1. The Morgan fingerprint density at radius 1 is 1.25 bits per heavy atom. The lowest BCUT2D eigenvalue weighted by atomic mass is 9.97. The first kappa shape index (κ1) is 22.4. The number of carboxylic acid groups (broad SMARTS) is 1. The zero-order valence-electron chi connectivity index (χ0n) is 17.6. The zero-order chi connectivity index (χ0) is 23.2. The van der Waals surface area contributed by atoms with Crippen molar-refractivity contribution in [1.29, 1.82) is 0 Å². The number of aryl methyl sites for hydroxylation is 2. The van der Waals surface area contributed by atoms with Crippen LogP contribution in [0.3, 0.4) is 0 Å². The first-order valence-corrected chi connectivity index (χ1v) is 10.6. The number of hydrogen-bond acceptors (Lipinski definition) is 4. The van der Waals surface area contributed by atoms with Crippen LogP contribution in [0.4, 0.5) is 19.0 Å². The number of alkyl halides is 3. The first-order valence-electron chi connectivity index (χ1n) is 10.2. The number of rotatable bonds is 4. The van der Waals surface area contributed by atoms with Crippen LogP contribution in [0.25, 0.3) is 16.9 Å². The van der Waals surface area contributed by atoms with Gasteiger partial charge in [-0.15, -0.1) is 0 Å². The summed E-state index contributed by atoms with van der Waals surface area (Å²) < 4.78 is 41.9. The second-order valence-corrected chi connectivity index (χ2v) is 8.57. The van der Waals surface area contributed by atoms with Gasteiger partial charge in [-0.2, -0.15) is 22.8 Å². The number of anilines is 1. The van der Waals surface area contributed by atoms with E-state index in [4.69, 9.17) is 11.6 Å². The number of nitrogens with zero attached hydrogens (tertiary/aromatic N) is 4. The molecular formula is C22H22ClF3N4O2. The van der Waals surface area contributed by atoms with Gasteiger partial charge in [0.2, 0.25) is 0 Å². The Morgan fingerprint density at radius 2 is 1.94 bits per heavy atom. The van der Waals surface area contributed by atoms with Gasteiger partial charge in [-0.3, -0.25) is 4.79 Å². The summed E-state index contributed by atoms with van der Waals surface area (Å²) in [4.78, 5) is 17.8. The molecule has 2 aromatic heterocycles. The van der Waals surface area contributed by atoms with E-state index in [1.165, 1.54) is 4.52 Å². The van der Waals surface area contributed by atoms with Crippen LogP contribution in [-0.4, -0.2) is 44.9 Å². The van der Waals surface area contributed by atoms with E-state index in [1.54, 1.807) is 36.1 Å². The van der Waals surface area contributed by atoms with Crippen LogP contribution >= 0.6 is 11.6 Å². The highest BCUT2D eigenvalue weighted by Crippen LogP contribution is 2.36. The fourth-order valence-electron chi connectivity index (χ4n) is 4.27. The molecule has 1 aromatic carbocycles. The van der Waals surface area contributed by atoms with Gasteiger partial charge in [0.05, 0.1) is 18.0 Å². The van der Waals surface area contributed by atoms with Crippen LogP contribution in [0.2, 0.25) is 5.02 Å². The molecule has 1 atom stereocenters. The molecule has 0 bridgehead atoms. The smallest absolute Gasteiger partial charge is 0.393 e. The normalized spacial score (nSPS) is 17.2. The minimum absolute atomic E-state index is 0.0150. The Kier molecular flexibility index (Phi) is 5.79. The summed E-state index contributed by atoms with van der Waals surface area (Å²) in [5.74, 6) is -1.34. The molecule has 6 nitrogen and oxygen atoms in total. The average Bonchev–Trinajstić information content (AvgIpc) is 3.04. The number of benzene rings is 1. The summed E-state index contributed by atoms with van der Waals surface area (Å²) >= 11 is 5.99. The lowest BCUT2D eigenvalue weighted by Gasteiger charge is -2.34. The molecule has 32 heavy (non-hydrogen) atoms. The minimum Gasteiger partial charge on any atom is -0.481 e. The number of piperidine rings is 1. The summed E-state index contributed by atoms with van der Waals surface area (Å²) in [6, 6.07) is 7.03. The molecular weight excluding hydrogens is 445 g/mol. The predicted octanol–water partition coefficient (Wildman–Crippen LogP) is 5.07. The third-order valence-corrected chi connectivity index (χ3v) is 6.09. The van der Waals surface area contributed by atoms with E-state index in [1.807, 2.05) is 6.92 Å². The summed E-state index contributed by atoms with van der Waals surface area (Å²) in [6.45, 7) is 3.94. The van der Waals surface area contributed by atoms with Crippen molar-refractivity contribution in [3.8, 4) is 11.3 Å². The molecule has 1 fully saturated rings. The van der Waals surface area contributed by atoms with Gasteiger partial charge in [-0.1, -0.05) is 23.7 Å². The fourth-order valence-corrected chi connectivity index (χ4v) is 4.39. The van der Waals surface area contributed by atoms with Gasteiger partial charge >= 0.3 is 12.1 Å². The molecule has 0 spiro atoms. The third-order valence-electron chi connectivity index (χ3n) is 5.84. The van der Waals surface area contributed by atoms with Gasteiger partial charge in [-0.05, 0) is 38.8 Å². The maximum Gasteiger partial charge on any atom is 0.393 e. The van der Waals surface area contributed by atoms with E-state index in [2.05, 4.69) is 10.1 Å². The highest BCUT2D eigenvalue weighted by molar-refractivity contribution is 6.30. The van der Waals surface area contributed by atoms with Gasteiger partial charge in [-0.25, -0.2) is 4.98 Å². The Hall–Kier alpha value is -2.81. The van der Waals surface area contributed by atoms with Crippen molar-refractivity contribution < 1.29 is 23.1 Å². The third kappa shape index (κ3) is 4.26. The molecule has 1 aliphatic rings. The summed E-state index contributed by atoms with van der Waals surface area (Å²) in [7, 11) is 0. The molecule has 1 N–H and O–H groups in total. The number of halogens is 4. The molecule has 0 aliphatic carbocycles. The number of aliphatic carboxylic acids is 1.